The summed E-state index contributed by atoms with van der Waals surface area (Å²) in [5.41, 5.74) is 7.00. The van der Waals surface area contributed by atoms with Crippen molar-refractivity contribution in [1.29, 1.82) is 0 Å². The van der Waals surface area contributed by atoms with Gasteiger partial charge in [-0.25, -0.2) is 13.1 Å². The van der Waals surface area contributed by atoms with Crippen LogP contribution in [0.1, 0.15) is 6.92 Å². The molecular weight excluding hydrogens is 264 g/mol. The van der Waals surface area contributed by atoms with Gasteiger partial charge in [-0.1, -0.05) is 0 Å². The number of benzene rings is 1. The van der Waals surface area contributed by atoms with Gasteiger partial charge in [0.15, 0.2) is 0 Å². The van der Waals surface area contributed by atoms with Crippen molar-refractivity contribution in [2.45, 2.75) is 17.9 Å². The van der Waals surface area contributed by atoms with Gasteiger partial charge in [0, 0.05) is 12.6 Å². The van der Waals surface area contributed by atoms with Gasteiger partial charge in [0.2, 0.25) is 10.0 Å². The number of nitrogens with two attached hydrogens (primary N) is 1. The minimum absolute atomic E-state index is 0.198. The summed E-state index contributed by atoms with van der Waals surface area (Å²) in [7, 11) is 1.90. The van der Waals surface area contributed by atoms with Crippen LogP contribution in [0.15, 0.2) is 23.1 Å². The van der Waals surface area contributed by atoms with E-state index in [1.54, 1.807) is 12.1 Å². The molecule has 1 atom stereocenters. The Labute approximate surface area is 115 Å². The summed E-state index contributed by atoms with van der Waals surface area (Å²) >= 11 is 0. The Hall–Kier alpha value is -1.31. The number of hydrogen-bond acceptors (Lipinski definition) is 5. The Bertz CT molecular complexity index is 529. The molecule has 0 aliphatic rings. The predicted octanol–water partition coefficient (Wildman–Crippen LogP) is 0.539. The van der Waals surface area contributed by atoms with Crippen LogP contribution < -0.4 is 15.8 Å². The van der Waals surface area contributed by atoms with E-state index < -0.39 is 10.0 Å². The van der Waals surface area contributed by atoms with Gasteiger partial charge in [-0.05, 0) is 46.3 Å². The molecule has 0 bridgehead atoms. The lowest BCUT2D eigenvalue weighted by Crippen LogP contribution is -2.31. The van der Waals surface area contributed by atoms with Gasteiger partial charge < -0.3 is 16.0 Å². The Morgan fingerprint density at radius 2 is 2.00 bits per heavy atom. The SMILES string of the molecule is CNS(=O)(=O)c1ccc(N)c(NCC(C)N(C)C)c1. The number of rotatable bonds is 6. The van der Waals surface area contributed by atoms with E-state index in [4.69, 9.17) is 5.73 Å². The summed E-state index contributed by atoms with van der Waals surface area (Å²) in [6.07, 6.45) is 0. The minimum atomic E-state index is -3.45. The maximum absolute atomic E-state index is 11.7. The minimum Gasteiger partial charge on any atom is -0.397 e. The van der Waals surface area contributed by atoms with Gasteiger partial charge in [-0.15, -0.1) is 0 Å². The Morgan fingerprint density at radius 3 is 2.53 bits per heavy atom. The number of sulfonamides is 1. The second kappa shape index (κ2) is 6.23. The fraction of sp³-hybridized carbons (Fsp3) is 0.500. The maximum atomic E-state index is 11.7. The van der Waals surface area contributed by atoms with Crippen molar-refractivity contribution in [2.75, 3.05) is 38.7 Å². The molecule has 0 aromatic heterocycles. The highest BCUT2D eigenvalue weighted by atomic mass is 32.2. The highest BCUT2D eigenvalue weighted by Gasteiger charge is 2.13. The number of nitrogens with zero attached hydrogens (tertiary/aromatic N) is 1. The first-order chi connectivity index (χ1) is 8.77. The van der Waals surface area contributed by atoms with Crippen molar-refractivity contribution in [2.24, 2.45) is 0 Å². The first-order valence-corrected chi connectivity index (χ1v) is 7.49. The van der Waals surface area contributed by atoms with Gasteiger partial charge >= 0.3 is 0 Å². The third-order valence-corrected chi connectivity index (χ3v) is 4.49. The molecule has 0 amide bonds. The Balaban J connectivity index is 2.93. The van der Waals surface area contributed by atoms with E-state index in [2.05, 4.69) is 21.9 Å². The molecule has 1 unspecified atom stereocenters. The molecule has 0 aliphatic heterocycles. The van der Waals surface area contributed by atoms with Crippen molar-refractivity contribution < 1.29 is 8.42 Å². The number of nitrogens with one attached hydrogen (secondary N) is 2. The Morgan fingerprint density at radius 1 is 1.37 bits per heavy atom. The molecule has 19 heavy (non-hydrogen) atoms. The lowest BCUT2D eigenvalue weighted by Gasteiger charge is -2.21. The first kappa shape index (κ1) is 15.7. The molecule has 0 spiro atoms. The topological polar surface area (TPSA) is 87.5 Å². The molecule has 6 nitrogen and oxygen atoms in total. The lowest BCUT2D eigenvalue weighted by atomic mass is 10.2. The van der Waals surface area contributed by atoms with E-state index in [1.165, 1.54) is 13.1 Å². The van der Waals surface area contributed by atoms with Gasteiger partial charge in [0.25, 0.3) is 0 Å². The van der Waals surface area contributed by atoms with Gasteiger partial charge in [-0.3, -0.25) is 0 Å². The zero-order chi connectivity index (χ0) is 14.6. The summed E-state index contributed by atoms with van der Waals surface area (Å²) in [5, 5.41) is 3.17. The largest absolute Gasteiger partial charge is 0.397 e. The van der Waals surface area contributed by atoms with E-state index in [-0.39, 0.29) is 4.90 Å². The van der Waals surface area contributed by atoms with E-state index in [0.717, 1.165) is 0 Å². The quantitative estimate of drug-likeness (QED) is 0.664. The van der Waals surface area contributed by atoms with Gasteiger partial charge in [-0.2, -0.15) is 0 Å². The van der Waals surface area contributed by atoms with Crippen LogP contribution in [0.25, 0.3) is 0 Å². The molecule has 0 saturated heterocycles. The molecular formula is C12H22N4O2S. The van der Waals surface area contributed by atoms with Crippen LogP contribution in [0.3, 0.4) is 0 Å². The number of likely N-dealkylation sites (N-methyl/N-ethyl adjacent to an activating group) is 1. The molecule has 0 saturated carbocycles. The number of anilines is 2. The van der Waals surface area contributed by atoms with Gasteiger partial charge in [0.1, 0.15) is 0 Å². The van der Waals surface area contributed by atoms with Crippen LogP contribution in [0, 0.1) is 0 Å². The monoisotopic (exact) mass is 286 g/mol. The third kappa shape index (κ3) is 4.09. The molecule has 0 radical (unpaired) electrons. The van der Waals surface area contributed by atoms with E-state index in [9.17, 15) is 8.42 Å². The molecule has 1 aromatic rings. The average Bonchev–Trinajstić information content (AvgIpc) is 2.36. The van der Waals surface area contributed by atoms with Gasteiger partial charge in [0.05, 0.1) is 16.3 Å². The van der Waals surface area contributed by atoms with Crippen molar-refractivity contribution in [1.82, 2.24) is 9.62 Å². The van der Waals surface area contributed by atoms with E-state index in [0.29, 0.717) is 24.0 Å². The standard InChI is InChI=1S/C12H22N4O2S/c1-9(16(3)4)8-15-12-7-10(5-6-11(12)13)19(17,18)14-2/h5-7,9,14-15H,8,13H2,1-4H3. The molecule has 0 heterocycles. The fourth-order valence-corrected chi connectivity index (χ4v) is 2.17. The molecule has 0 fully saturated rings. The summed E-state index contributed by atoms with van der Waals surface area (Å²) in [6, 6.07) is 4.93. The van der Waals surface area contributed by atoms with Crippen molar-refractivity contribution in [3.8, 4) is 0 Å². The average molecular weight is 286 g/mol. The molecule has 0 aliphatic carbocycles. The highest BCUT2D eigenvalue weighted by molar-refractivity contribution is 7.89. The van der Waals surface area contributed by atoms with Crippen molar-refractivity contribution in [3.05, 3.63) is 18.2 Å². The zero-order valence-electron chi connectivity index (χ0n) is 11.8. The van der Waals surface area contributed by atoms with Crippen LogP contribution in [0.5, 0.6) is 0 Å². The molecule has 4 N–H and O–H groups in total. The second-order valence-electron chi connectivity index (χ2n) is 4.65. The van der Waals surface area contributed by atoms with Crippen LogP contribution >= 0.6 is 0 Å². The predicted molar refractivity (Wildman–Crippen MR) is 78.7 cm³/mol. The summed E-state index contributed by atoms with van der Waals surface area (Å²) in [4.78, 5) is 2.27. The number of nitrogen functional groups attached to an aromatic ring is 1. The second-order valence-corrected chi connectivity index (χ2v) is 6.54. The van der Waals surface area contributed by atoms with Crippen LogP contribution in [-0.4, -0.2) is 47.0 Å². The normalized spacial score (nSPS) is 13.5. The molecule has 1 aromatic carbocycles. The molecule has 1 rings (SSSR count). The molecule has 7 heteroatoms. The highest BCUT2D eigenvalue weighted by Crippen LogP contribution is 2.22. The van der Waals surface area contributed by atoms with Crippen LogP contribution in [-0.2, 0) is 10.0 Å². The van der Waals surface area contributed by atoms with Crippen LogP contribution in [0.2, 0.25) is 0 Å². The third-order valence-electron chi connectivity index (χ3n) is 3.07. The van der Waals surface area contributed by atoms with Crippen molar-refractivity contribution >= 4 is 21.4 Å². The fourth-order valence-electron chi connectivity index (χ4n) is 1.41. The molecule has 108 valence electrons. The summed E-state index contributed by atoms with van der Waals surface area (Å²) in [5.74, 6) is 0. The first-order valence-electron chi connectivity index (χ1n) is 6.01. The van der Waals surface area contributed by atoms with Crippen LogP contribution in [0.4, 0.5) is 11.4 Å². The summed E-state index contributed by atoms with van der Waals surface area (Å²) < 4.78 is 25.7. The van der Waals surface area contributed by atoms with E-state index in [1.807, 2.05) is 14.1 Å². The van der Waals surface area contributed by atoms with Crippen molar-refractivity contribution in [3.63, 3.8) is 0 Å². The smallest absolute Gasteiger partial charge is 0.240 e. The number of hydrogen-bond donors (Lipinski definition) is 3. The zero-order valence-corrected chi connectivity index (χ0v) is 12.6. The maximum Gasteiger partial charge on any atom is 0.240 e. The summed E-state index contributed by atoms with van der Waals surface area (Å²) in [6.45, 7) is 2.75. The Kier molecular flexibility index (Phi) is 5.16. The van der Waals surface area contributed by atoms with E-state index >= 15 is 0 Å². The lowest BCUT2D eigenvalue weighted by molar-refractivity contribution is 0.326.